The summed E-state index contributed by atoms with van der Waals surface area (Å²) >= 11 is 2.05. The van der Waals surface area contributed by atoms with Crippen LogP contribution in [-0.2, 0) is 4.79 Å². The molecule has 1 unspecified atom stereocenters. The lowest BCUT2D eigenvalue weighted by molar-refractivity contribution is -0.151. The predicted molar refractivity (Wildman–Crippen MR) is 76.1 cm³/mol. The van der Waals surface area contributed by atoms with Gasteiger partial charge in [-0.05, 0) is 50.4 Å². The van der Waals surface area contributed by atoms with Crippen LogP contribution in [0.5, 0.6) is 0 Å². The van der Waals surface area contributed by atoms with E-state index in [0.717, 1.165) is 25.9 Å². The maximum atomic E-state index is 11.3. The molecule has 2 rings (SSSR count). The fraction of sp³-hybridized carbons (Fsp3) is 0.929. The molecular formula is C14H25NO2S. The highest BCUT2D eigenvalue weighted by Crippen LogP contribution is 2.40. The second-order valence-electron chi connectivity index (χ2n) is 6.73. The monoisotopic (exact) mass is 271 g/mol. The topological polar surface area (TPSA) is 40.5 Å². The summed E-state index contributed by atoms with van der Waals surface area (Å²) in [5, 5.41) is 9.27. The van der Waals surface area contributed by atoms with Crippen LogP contribution >= 0.6 is 11.8 Å². The fourth-order valence-electron chi connectivity index (χ4n) is 3.07. The number of hydrogen-bond acceptors (Lipinski definition) is 3. The summed E-state index contributed by atoms with van der Waals surface area (Å²) < 4.78 is 0. The van der Waals surface area contributed by atoms with Gasteiger partial charge < -0.3 is 5.11 Å². The van der Waals surface area contributed by atoms with Crippen molar-refractivity contribution in [3.05, 3.63) is 0 Å². The average Bonchev–Trinajstić information content (AvgIpc) is 2.30. The van der Waals surface area contributed by atoms with Gasteiger partial charge in [0.15, 0.2) is 0 Å². The lowest BCUT2D eigenvalue weighted by Gasteiger charge is -2.48. The van der Waals surface area contributed by atoms with Gasteiger partial charge in [0.1, 0.15) is 0 Å². The number of likely N-dealkylation sites (tertiary alicyclic amines) is 1. The van der Waals surface area contributed by atoms with Crippen molar-refractivity contribution in [2.24, 2.45) is 10.8 Å². The van der Waals surface area contributed by atoms with Gasteiger partial charge in [0.2, 0.25) is 0 Å². The molecule has 0 radical (unpaired) electrons. The lowest BCUT2D eigenvalue weighted by atomic mass is 9.76. The van der Waals surface area contributed by atoms with E-state index in [1.165, 1.54) is 17.9 Å². The second-order valence-corrected chi connectivity index (χ2v) is 7.88. The molecule has 1 atom stereocenters. The number of carboxylic acid groups (broad SMARTS) is 1. The zero-order valence-electron chi connectivity index (χ0n) is 11.7. The molecule has 0 aliphatic carbocycles. The van der Waals surface area contributed by atoms with Crippen LogP contribution < -0.4 is 0 Å². The Morgan fingerprint density at radius 2 is 1.83 bits per heavy atom. The van der Waals surface area contributed by atoms with E-state index >= 15 is 0 Å². The summed E-state index contributed by atoms with van der Waals surface area (Å²) in [7, 11) is 0. The molecule has 0 spiro atoms. The summed E-state index contributed by atoms with van der Waals surface area (Å²) in [5.74, 6) is 1.85. The van der Waals surface area contributed by atoms with E-state index in [4.69, 9.17) is 0 Å². The Morgan fingerprint density at radius 1 is 1.22 bits per heavy atom. The first kappa shape index (κ1) is 14.2. The van der Waals surface area contributed by atoms with Gasteiger partial charge in [-0.1, -0.05) is 13.8 Å². The van der Waals surface area contributed by atoms with Crippen LogP contribution in [0.25, 0.3) is 0 Å². The molecule has 1 N–H and O–H groups in total. The number of thioether (sulfide) groups is 1. The van der Waals surface area contributed by atoms with E-state index in [1.807, 2.05) is 18.7 Å². The van der Waals surface area contributed by atoms with Crippen molar-refractivity contribution in [2.75, 3.05) is 24.6 Å². The van der Waals surface area contributed by atoms with Gasteiger partial charge in [0.05, 0.1) is 5.41 Å². The maximum Gasteiger partial charge on any atom is 0.309 e. The highest BCUT2D eigenvalue weighted by molar-refractivity contribution is 7.99. The standard InChI is InChI=1S/C14H25NO2S/c1-13(2)6-9-18-10-11(13)15-7-4-14(3,5-8-15)12(16)17/h11H,4-10H2,1-3H3,(H,16,17). The number of carbonyl (C=O) groups is 1. The zero-order valence-corrected chi connectivity index (χ0v) is 12.6. The van der Waals surface area contributed by atoms with Crippen molar-refractivity contribution in [1.29, 1.82) is 0 Å². The van der Waals surface area contributed by atoms with Gasteiger partial charge in [-0.2, -0.15) is 11.8 Å². The summed E-state index contributed by atoms with van der Waals surface area (Å²) in [5.41, 5.74) is -0.120. The average molecular weight is 271 g/mol. The molecule has 2 aliphatic heterocycles. The first-order valence-corrected chi connectivity index (χ1v) is 8.06. The van der Waals surface area contributed by atoms with Crippen molar-refractivity contribution in [1.82, 2.24) is 4.90 Å². The Labute approximate surface area is 114 Å². The van der Waals surface area contributed by atoms with E-state index in [9.17, 15) is 9.90 Å². The molecular weight excluding hydrogens is 246 g/mol. The van der Waals surface area contributed by atoms with Gasteiger partial charge in [0, 0.05) is 11.8 Å². The molecule has 0 aromatic heterocycles. The molecule has 0 aromatic rings. The Kier molecular flexibility index (Phi) is 3.98. The Bertz CT molecular complexity index is 322. The number of nitrogens with zero attached hydrogens (tertiary/aromatic N) is 1. The smallest absolute Gasteiger partial charge is 0.309 e. The molecule has 0 bridgehead atoms. The Balaban J connectivity index is 1.99. The molecule has 18 heavy (non-hydrogen) atoms. The van der Waals surface area contributed by atoms with Crippen LogP contribution in [0.15, 0.2) is 0 Å². The fourth-order valence-corrected chi connectivity index (χ4v) is 4.79. The number of piperidine rings is 1. The molecule has 0 saturated carbocycles. The third-order valence-corrected chi connectivity index (χ3v) is 5.97. The van der Waals surface area contributed by atoms with E-state index in [2.05, 4.69) is 18.7 Å². The van der Waals surface area contributed by atoms with Gasteiger partial charge in [-0.25, -0.2) is 0 Å². The predicted octanol–water partition coefficient (Wildman–Crippen LogP) is 2.70. The van der Waals surface area contributed by atoms with Crippen LogP contribution in [0.1, 0.15) is 40.0 Å². The first-order valence-electron chi connectivity index (χ1n) is 6.90. The second kappa shape index (κ2) is 5.04. The number of aliphatic carboxylic acids is 1. The van der Waals surface area contributed by atoms with E-state index in [-0.39, 0.29) is 0 Å². The van der Waals surface area contributed by atoms with Gasteiger partial charge in [-0.15, -0.1) is 0 Å². The minimum atomic E-state index is -0.626. The minimum absolute atomic E-state index is 0.377. The highest BCUT2D eigenvalue weighted by Gasteiger charge is 2.42. The molecule has 2 fully saturated rings. The van der Waals surface area contributed by atoms with Crippen LogP contribution in [0.2, 0.25) is 0 Å². The van der Waals surface area contributed by atoms with Crippen molar-refractivity contribution in [3.8, 4) is 0 Å². The number of carboxylic acids is 1. The van der Waals surface area contributed by atoms with Crippen LogP contribution in [0.3, 0.4) is 0 Å². The lowest BCUT2D eigenvalue weighted by Crippen LogP contribution is -2.54. The van der Waals surface area contributed by atoms with Crippen molar-refractivity contribution < 1.29 is 9.90 Å². The van der Waals surface area contributed by atoms with E-state index in [0.29, 0.717) is 11.5 Å². The van der Waals surface area contributed by atoms with E-state index in [1.54, 1.807) is 0 Å². The largest absolute Gasteiger partial charge is 0.481 e. The molecule has 2 heterocycles. The number of hydrogen-bond donors (Lipinski definition) is 1. The van der Waals surface area contributed by atoms with Gasteiger partial charge in [0.25, 0.3) is 0 Å². The zero-order chi connectivity index (χ0) is 13.4. The van der Waals surface area contributed by atoms with Crippen LogP contribution in [0.4, 0.5) is 0 Å². The summed E-state index contributed by atoms with van der Waals surface area (Å²) in [4.78, 5) is 13.8. The quantitative estimate of drug-likeness (QED) is 0.838. The SMILES string of the molecule is CC1(C(=O)O)CCN(C2CSCCC2(C)C)CC1. The molecule has 2 aliphatic rings. The third-order valence-electron chi connectivity index (χ3n) is 4.93. The summed E-state index contributed by atoms with van der Waals surface area (Å²) in [6, 6.07) is 0.620. The Hall–Kier alpha value is -0.220. The van der Waals surface area contributed by atoms with Gasteiger partial charge in [-0.3, -0.25) is 9.69 Å². The van der Waals surface area contributed by atoms with Crippen molar-refractivity contribution >= 4 is 17.7 Å². The molecule has 4 heteroatoms. The first-order chi connectivity index (χ1) is 8.35. The maximum absolute atomic E-state index is 11.3. The van der Waals surface area contributed by atoms with E-state index < -0.39 is 11.4 Å². The van der Waals surface area contributed by atoms with Crippen molar-refractivity contribution in [3.63, 3.8) is 0 Å². The van der Waals surface area contributed by atoms with Crippen molar-refractivity contribution in [2.45, 2.75) is 46.1 Å². The highest BCUT2D eigenvalue weighted by atomic mass is 32.2. The van der Waals surface area contributed by atoms with Crippen LogP contribution in [-0.4, -0.2) is 46.6 Å². The Morgan fingerprint density at radius 3 is 2.33 bits per heavy atom. The molecule has 2 saturated heterocycles. The third kappa shape index (κ3) is 2.69. The van der Waals surface area contributed by atoms with Gasteiger partial charge >= 0.3 is 5.97 Å². The number of rotatable bonds is 2. The summed E-state index contributed by atoms with van der Waals surface area (Å²) in [6.07, 6.45) is 2.86. The molecule has 0 amide bonds. The molecule has 3 nitrogen and oxygen atoms in total. The molecule has 104 valence electrons. The normalized spacial score (nSPS) is 32.1. The minimum Gasteiger partial charge on any atom is -0.481 e. The van der Waals surface area contributed by atoms with Crippen LogP contribution in [0, 0.1) is 10.8 Å². The molecule has 0 aromatic carbocycles. The summed E-state index contributed by atoms with van der Waals surface area (Å²) in [6.45, 7) is 8.51.